The van der Waals surface area contributed by atoms with Gasteiger partial charge in [-0.15, -0.1) is 0 Å². The number of aryl methyl sites for hydroxylation is 1. The highest BCUT2D eigenvalue weighted by Gasteiger charge is 2.30. The largest absolute Gasteiger partial charge is 0.380 e. The molecule has 7 heteroatoms. The van der Waals surface area contributed by atoms with E-state index >= 15 is 0 Å². The first kappa shape index (κ1) is 12.6. The SMILES string of the molecule is COC1CCN(C(=O)c2nn(C)cc2C(N)=O)C1. The number of carbonyl (C=O) groups excluding carboxylic acids is 2. The summed E-state index contributed by atoms with van der Waals surface area (Å²) in [4.78, 5) is 25.1. The quantitative estimate of drug-likeness (QED) is 0.776. The first-order valence-electron chi connectivity index (χ1n) is 5.68. The number of aromatic nitrogens is 2. The molecule has 2 N–H and O–H groups in total. The number of nitrogens with two attached hydrogens (primary N) is 1. The van der Waals surface area contributed by atoms with Gasteiger partial charge < -0.3 is 15.4 Å². The Labute approximate surface area is 104 Å². The third-order valence-corrected chi connectivity index (χ3v) is 3.06. The molecule has 18 heavy (non-hydrogen) atoms. The van der Waals surface area contributed by atoms with Gasteiger partial charge in [0.1, 0.15) is 0 Å². The fraction of sp³-hybridized carbons (Fsp3) is 0.545. The average Bonchev–Trinajstić information content (AvgIpc) is 2.94. The number of primary amides is 1. The third kappa shape index (κ3) is 2.21. The van der Waals surface area contributed by atoms with Crippen molar-refractivity contribution < 1.29 is 14.3 Å². The molecule has 0 saturated carbocycles. The molecule has 2 rings (SSSR count). The summed E-state index contributed by atoms with van der Waals surface area (Å²) in [5.74, 6) is -0.919. The molecule has 7 nitrogen and oxygen atoms in total. The molecule has 2 amide bonds. The molecule has 0 aliphatic carbocycles. The van der Waals surface area contributed by atoms with Gasteiger partial charge in [-0.05, 0) is 6.42 Å². The summed E-state index contributed by atoms with van der Waals surface area (Å²) in [6.07, 6.45) is 2.30. The molecule has 1 unspecified atom stereocenters. The minimum absolute atomic E-state index is 0.0506. The molecule has 2 heterocycles. The molecule has 0 spiro atoms. The van der Waals surface area contributed by atoms with Crippen molar-refractivity contribution in [2.75, 3.05) is 20.2 Å². The van der Waals surface area contributed by atoms with Crippen LogP contribution in [0, 0.1) is 0 Å². The summed E-state index contributed by atoms with van der Waals surface area (Å²) in [5, 5.41) is 4.01. The molecule has 1 aliphatic rings. The van der Waals surface area contributed by atoms with E-state index in [1.165, 1.54) is 10.9 Å². The van der Waals surface area contributed by atoms with Crippen LogP contribution in [0.5, 0.6) is 0 Å². The minimum atomic E-state index is -0.645. The number of rotatable bonds is 3. The topological polar surface area (TPSA) is 90.4 Å². The second-order valence-electron chi connectivity index (χ2n) is 4.33. The summed E-state index contributed by atoms with van der Waals surface area (Å²) >= 11 is 0. The van der Waals surface area contributed by atoms with Crippen molar-refractivity contribution >= 4 is 11.8 Å². The predicted octanol–water partition coefficient (Wildman–Crippen LogP) is -0.620. The van der Waals surface area contributed by atoms with Crippen molar-refractivity contribution in [2.24, 2.45) is 12.8 Å². The van der Waals surface area contributed by atoms with Gasteiger partial charge in [-0.25, -0.2) is 0 Å². The van der Waals surface area contributed by atoms with E-state index in [1.807, 2.05) is 0 Å². The number of hydrogen-bond donors (Lipinski definition) is 1. The van der Waals surface area contributed by atoms with Crippen molar-refractivity contribution in [1.29, 1.82) is 0 Å². The molecular weight excluding hydrogens is 236 g/mol. The van der Waals surface area contributed by atoms with E-state index in [0.717, 1.165) is 6.42 Å². The highest BCUT2D eigenvalue weighted by Crippen LogP contribution is 2.16. The lowest BCUT2D eigenvalue weighted by Gasteiger charge is -2.15. The molecule has 1 fully saturated rings. The number of nitrogens with zero attached hydrogens (tertiary/aromatic N) is 3. The normalized spacial score (nSPS) is 19.2. The zero-order valence-electron chi connectivity index (χ0n) is 10.4. The number of ether oxygens (including phenoxy) is 1. The van der Waals surface area contributed by atoms with Crippen LogP contribution in [0.4, 0.5) is 0 Å². The van der Waals surface area contributed by atoms with Gasteiger partial charge in [0.2, 0.25) is 0 Å². The van der Waals surface area contributed by atoms with Crippen LogP contribution in [0.1, 0.15) is 27.3 Å². The summed E-state index contributed by atoms with van der Waals surface area (Å²) in [6, 6.07) is 0. The van der Waals surface area contributed by atoms with Crippen molar-refractivity contribution in [3.8, 4) is 0 Å². The monoisotopic (exact) mass is 252 g/mol. The minimum Gasteiger partial charge on any atom is -0.380 e. The van der Waals surface area contributed by atoms with E-state index < -0.39 is 5.91 Å². The van der Waals surface area contributed by atoms with Crippen LogP contribution in [0.3, 0.4) is 0 Å². The Morgan fingerprint density at radius 3 is 2.83 bits per heavy atom. The second kappa shape index (κ2) is 4.77. The molecule has 1 saturated heterocycles. The van der Waals surface area contributed by atoms with Crippen LogP contribution in [-0.4, -0.2) is 52.8 Å². The van der Waals surface area contributed by atoms with Crippen LogP contribution in [0.15, 0.2) is 6.20 Å². The number of amides is 2. The maximum atomic E-state index is 12.2. The zero-order chi connectivity index (χ0) is 13.3. The maximum absolute atomic E-state index is 12.2. The summed E-state index contributed by atoms with van der Waals surface area (Å²) in [7, 11) is 3.26. The Kier molecular flexibility index (Phi) is 3.33. The van der Waals surface area contributed by atoms with E-state index in [-0.39, 0.29) is 23.3 Å². The first-order valence-corrected chi connectivity index (χ1v) is 5.68. The first-order chi connectivity index (χ1) is 8.52. The van der Waals surface area contributed by atoms with E-state index in [9.17, 15) is 9.59 Å². The van der Waals surface area contributed by atoms with Gasteiger partial charge in [0.15, 0.2) is 5.69 Å². The smallest absolute Gasteiger partial charge is 0.275 e. The van der Waals surface area contributed by atoms with Gasteiger partial charge in [0.05, 0.1) is 11.7 Å². The zero-order valence-corrected chi connectivity index (χ0v) is 10.4. The van der Waals surface area contributed by atoms with Gasteiger partial charge in [-0.3, -0.25) is 14.3 Å². The van der Waals surface area contributed by atoms with Crippen LogP contribution in [0.2, 0.25) is 0 Å². The molecule has 0 bridgehead atoms. The molecule has 0 aromatic carbocycles. The lowest BCUT2D eigenvalue weighted by Crippen LogP contribution is -2.32. The molecule has 98 valence electrons. The number of likely N-dealkylation sites (tertiary alicyclic amines) is 1. The van der Waals surface area contributed by atoms with Crippen LogP contribution >= 0.6 is 0 Å². The second-order valence-corrected chi connectivity index (χ2v) is 4.33. The average molecular weight is 252 g/mol. The van der Waals surface area contributed by atoms with E-state index in [1.54, 1.807) is 19.1 Å². The van der Waals surface area contributed by atoms with Gasteiger partial charge in [-0.2, -0.15) is 5.10 Å². The predicted molar refractivity (Wildman–Crippen MR) is 63.0 cm³/mol. The maximum Gasteiger partial charge on any atom is 0.275 e. The van der Waals surface area contributed by atoms with E-state index in [2.05, 4.69) is 5.10 Å². The molecule has 1 atom stereocenters. The molecule has 1 aromatic rings. The molecule has 1 aliphatic heterocycles. The van der Waals surface area contributed by atoms with Crippen molar-refractivity contribution in [1.82, 2.24) is 14.7 Å². The Morgan fingerprint density at radius 2 is 2.28 bits per heavy atom. The number of methoxy groups -OCH3 is 1. The van der Waals surface area contributed by atoms with E-state index in [0.29, 0.717) is 13.1 Å². The van der Waals surface area contributed by atoms with Gasteiger partial charge in [0, 0.05) is 33.4 Å². The van der Waals surface area contributed by atoms with Gasteiger partial charge >= 0.3 is 0 Å². The molecular formula is C11H16N4O3. The molecule has 0 radical (unpaired) electrons. The fourth-order valence-electron chi connectivity index (χ4n) is 2.08. The molecule has 1 aromatic heterocycles. The summed E-state index contributed by atoms with van der Waals surface area (Å²) in [5.41, 5.74) is 5.50. The fourth-order valence-corrected chi connectivity index (χ4v) is 2.08. The van der Waals surface area contributed by atoms with E-state index in [4.69, 9.17) is 10.5 Å². The highest BCUT2D eigenvalue weighted by molar-refractivity contribution is 6.05. The van der Waals surface area contributed by atoms with Crippen LogP contribution in [0.25, 0.3) is 0 Å². The summed E-state index contributed by atoms with van der Waals surface area (Å²) < 4.78 is 6.61. The highest BCUT2D eigenvalue weighted by atomic mass is 16.5. The van der Waals surface area contributed by atoms with Crippen LogP contribution in [-0.2, 0) is 11.8 Å². The Hall–Kier alpha value is -1.89. The van der Waals surface area contributed by atoms with Gasteiger partial charge in [0.25, 0.3) is 11.8 Å². The lowest BCUT2D eigenvalue weighted by molar-refractivity contribution is 0.0714. The summed E-state index contributed by atoms with van der Waals surface area (Å²) in [6.45, 7) is 1.12. The Bertz CT molecular complexity index is 483. The third-order valence-electron chi connectivity index (χ3n) is 3.06. The van der Waals surface area contributed by atoms with Gasteiger partial charge in [-0.1, -0.05) is 0 Å². The van der Waals surface area contributed by atoms with Crippen molar-refractivity contribution in [2.45, 2.75) is 12.5 Å². The standard InChI is InChI=1S/C11H16N4O3/c1-14-6-8(10(12)16)9(13-14)11(17)15-4-3-7(5-15)18-2/h6-7H,3-5H2,1-2H3,(H2,12,16). The van der Waals surface area contributed by atoms with Crippen molar-refractivity contribution in [3.05, 3.63) is 17.5 Å². The number of hydrogen-bond acceptors (Lipinski definition) is 4. The Balaban J connectivity index is 2.21. The Morgan fingerprint density at radius 1 is 1.56 bits per heavy atom. The van der Waals surface area contributed by atoms with Crippen LogP contribution < -0.4 is 5.73 Å². The number of carbonyl (C=O) groups is 2. The lowest BCUT2D eigenvalue weighted by atomic mass is 10.2. The van der Waals surface area contributed by atoms with Crippen molar-refractivity contribution in [3.63, 3.8) is 0 Å².